The molecule has 0 aliphatic rings. The molecule has 18 heavy (non-hydrogen) atoms. The molecule has 0 atom stereocenters. The minimum absolute atomic E-state index is 0.177. The van der Waals surface area contributed by atoms with Crippen molar-refractivity contribution in [2.45, 2.75) is 13.8 Å². The number of nitrogen functional groups attached to an aromatic ring is 1. The largest absolute Gasteiger partial charge is 0.496 e. The first-order valence-electron chi connectivity index (χ1n) is 5.34. The van der Waals surface area contributed by atoms with Gasteiger partial charge >= 0.3 is 0 Å². The molecule has 0 saturated carbocycles. The topological polar surface area (TPSA) is 73.9 Å². The fraction of sp³-hybridized carbons (Fsp3) is 0.250. The van der Waals surface area contributed by atoms with Crippen molar-refractivity contribution in [2.24, 2.45) is 0 Å². The predicted molar refractivity (Wildman–Crippen MR) is 70.7 cm³/mol. The zero-order valence-electron chi connectivity index (χ0n) is 10.4. The number of rotatable bonds is 2. The van der Waals surface area contributed by atoms with Gasteiger partial charge in [0.25, 0.3) is 0 Å². The Morgan fingerprint density at radius 2 is 1.89 bits per heavy atom. The number of benzene rings is 1. The summed E-state index contributed by atoms with van der Waals surface area (Å²) in [6, 6.07) is 3.61. The summed E-state index contributed by atoms with van der Waals surface area (Å²) in [4.78, 5) is 12.3. The minimum Gasteiger partial charge on any atom is -0.496 e. The normalized spacial score (nSPS) is 10.4. The summed E-state index contributed by atoms with van der Waals surface area (Å²) in [5.41, 5.74) is 7.25. The van der Waals surface area contributed by atoms with Gasteiger partial charge in [-0.15, -0.1) is 0 Å². The van der Waals surface area contributed by atoms with Crippen LogP contribution in [-0.4, -0.2) is 22.1 Å². The van der Waals surface area contributed by atoms with Crippen molar-refractivity contribution in [3.63, 3.8) is 0 Å². The van der Waals surface area contributed by atoms with E-state index < -0.39 is 0 Å². The number of methoxy groups -OCH3 is 1. The molecule has 0 spiro atoms. The Hall–Kier alpha value is -1.88. The van der Waals surface area contributed by atoms with E-state index in [1.807, 2.05) is 13.0 Å². The van der Waals surface area contributed by atoms with Crippen molar-refractivity contribution in [1.82, 2.24) is 15.0 Å². The average Bonchev–Trinajstić information content (AvgIpc) is 2.30. The summed E-state index contributed by atoms with van der Waals surface area (Å²) in [7, 11) is 1.59. The van der Waals surface area contributed by atoms with Gasteiger partial charge in [-0.3, -0.25) is 0 Å². The lowest BCUT2D eigenvalue weighted by Crippen LogP contribution is -2.03. The van der Waals surface area contributed by atoms with Gasteiger partial charge in [-0.05, 0) is 31.5 Å². The van der Waals surface area contributed by atoms with Crippen LogP contribution in [0.15, 0.2) is 12.1 Å². The molecule has 0 amide bonds. The van der Waals surface area contributed by atoms with E-state index in [2.05, 4.69) is 15.0 Å². The number of nitrogens with two attached hydrogens (primary N) is 1. The molecule has 1 heterocycles. The molecule has 0 saturated heterocycles. The van der Waals surface area contributed by atoms with Gasteiger partial charge < -0.3 is 10.5 Å². The van der Waals surface area contributed by atoms with Crippen LogP contribution in [0.3, 0.4) is 0 Å². The van der Waals surface area contributed by atoms with E-state index in [1.165, 1.54) is 0 Å². The monoisotopic (exact) mass is 264 g/mol. The lowest BCUT2D eigenvalue weighted by molar-refractivity contribution is 0.416. The number of halogens is 1. The maximum Gasteiger partial charge on any atom is 0.223 e. The zero-order valence-corrected chi connectivity index (χ0v) is 11.1. The summed E-state index contributed by atoms with van der Waals surface area (Å²) in [5, 5.41) is 0.627. The third-order valence-corrected chi connectivity index (χ3v) is 2.89. The van der Waals surface area contributed by atoms with Gasteiger partial charge in [0.05, 0.1) is 12.7 Å². The standard InChI is InChI=1S/C12H13ClN4O/c1-6-4-10(18-3)8(5-9(6)13)11-15-7(2)16-12(14)17-11/h4-5H,1-3H3,(H2,14,15,16,17). The van der Waals surface area contributed by atoms with Crippen molar-refractivity contribution >= 4 is 17.5 Å². The minimum atomic E-state index is 0.177. The second-order valence-electron chi connectivity index (χ2n) is 3.87. The predicted octanol–water partition coefficient (Wildman–Crippen LogP) is 2.40. The highest BCUT2D eigenvalue weighted by Gasteiger charge is 2.13. The molecule has 0 aliphatic carbocycles. The van der Waals surface area contributed by atoms with Crippen molar-refractivity contribution in [2.75, 3.05) is 12.8 Å². The smallest absolute Gasteiger partial charge is 0.223 e. The van der Waals surface area contributed by atoms with E-state index in [1.54, 1.807) is 20.1 Å². The number of aromatic nitrogens is 3. The molecule has 0 bridgehead atoms. The first-order chi connectivity index (χ1) is 8.51. The Morgan fingerprint density at radius 3 is 2.50 bits per heavy atom. The Labute approximate surface area is 110 Å². The molecule has 1 aromatic heterocycles. The lowest BCUT2D eigenvalue weighted by atomic mass is 10.1. The third kappa shape index (κ3) is 2.36. The first kappa shape index (κ1) is 12.6. The van der Waals surface area contributed by atoms with E-state index in [0.29, 0.717) is 28.0 Å². The maximum absolute atomic E-state index is 6.11. The SMILES string of the molecule is COc1cc(C)c(Cl)cc1-c1nc(C)nc(N)n1. The van der Waals surface area contributed by atoms with Crippen LogP contribution < -0.4 is 10.5 Å². The first-order valence-corrected chi connectivity index (χ1v) is 5.71. The average molecular weight is 265 g/mol. The highest BCUT2D eigenvalue weighted by atomic mass is 35.5. The highest BCUT2D eigenvalue weighted by Crippen LogP contribution is 2.32. The molecular formula is C12H13ClN4O. The van der Waals surface area contributed by atoms with Crippen LogP contribution in [0.4, 0.5) is 5.95 Å². The van der Waals surface area contributed by atoms with E-state index >= 15 is 0 Å². The van der Waals surface area contributed by atoms with Gasteiger partial charge in [0.15, 0.2) is 5.82 Å². The Bertz CT molecular complexity index is 581. The molecule has 6 heteroatoms. The van der Waals surface area contributed by atoms with Gasteiger partial charge in [0.1, 0.15) is 11.6 Å². The number of ether oxygens (including phenoxy) is 1. The fourth-order valence-electron chi connectivity index (χ4n) is 1.62. The van der Waals surface area contributed by atoms with Crippen LogP contribution in [0.5, 0.6) is 5.75 Å². The van der Waals surface area contributed by atoms with E-state index in [-0.39, 0.29) is 5.95 Å². The van der Waals surface area contributed by atoms with Crippen LogP contribution in [0, 0.1) is 13.8 Å². The summed E-state index contributed by atoms with van der Waals surface area (Å²) in [5.74, 6) is 1.84. The summed E-state index contributed by atoms with van der Waals surface area (Å²) >= 11 is 6.11. The number of hydrogen-bond acceptors (Lipinski definition) is 5. The number of aryl methyl sites for hydroxylation is 2. The molecule has 2 rings (SSSR count). The van der Waals surface area contributed by atoms with E-state index in [4.69, 9.17) is 22.1 Å². The van der Waals surface area contributed by atoms with Crippen LogP contribution in [0.2, 0.25) is 5.02 Å². The van der Waals surface area contributed by atoms with Crippen molar-refractivity contribution in [3.8, 4) is 17.1 Å². The molecule has 5 nitrogen and oxygen atoms in total. The van der Waals surface area contributed by atoms with Crippen LogP contribution >= 0.6 is 11.6 Å². The van der Waals surface area contributed by atoms with Gasteiger partial charge in [-0.2, -0.15) is 9.97 Å². The zero-order chi connectivity index (χ0) is 13.3. The third-order valence-electron chi connectivity index (χ3n) is 2.49. The van der Waals surface area contributed by atoms with Crippen molar-refractivity contribution in [3.05, 3.63) is 28.5 Å². The van der Waals surface area contributed by atoms with Crippen LogP contribution in [0.1, 0.15) is 11.4 Å². The summed E-state index contributed by atoms with van der Waals surface area (Å²) in [6.45, 7) is 3.66. The molecule has 2 N–H and O–H groups in total. The highest BCUT2D eigenvalue weighted by molar-refractivity contribution is 6.31. The quantitative estimate of drug-likeness (QED) is 0.902. The van der Waals surface area contributed by atoms with Crippen LogP contribution in [0.25, 0.3) is 11.4 Å². The summed E-state index contributed by atoms with van der Waals surface area (Å²) in [6.07, 6.45) is 0. The fourth-order valence-corrected chi connectivity index (χ4v) is 1.79. The van der Waals surface area contributed by atoms with E-state index in [0.717, 1.165) is 5.56 Å². The molecule has 94 valence electrons. The van der Waals surface area contributed by atoms with Crippen molar-refractivity contribution < 1.29 is 4.74 Å². The Balaban J connectivity index is 2.65. The van der Waals surface area contributed by atoms with Gasteiger partial charge in [-0.1, -0.05) is 11.6 Å². The second-order valence-corrected chi connectivity index (χ2v) is 4.27. The molecule has 0 unspecified atom stereocenters. The molecular weight excluding hydrogens is 252 g/mol. The molecule has 2 aromatic rings. The van der Waals surface area contributed by atoms with E-state index in [9.17, 15) is 0 Å². The molecule has 0 aliphatic heterocycles. The van der Waals surface area contributed by atoms with Crippen LogP contribution in [-0.2, 0) is 0 Å². The summed E-state index contributed by atoms with van der Waals surface area (Å²) < 4.78 is 5.32. The Kier molecular flexibility index (Phi) is 3.34. The maximum atomic E-state index is 6.11. The Morgan fingerprint density at radius 1 is 1.17 bits per heavy atom. The molecule has 1 aromatic carbocycles. The number of anilines is 1. The number of nitrogens with zero attached hydrogens (tertiary/aromatic N) is 3. The van der Waals surface area contributed by atoms with Gasteiger partial charge in [-0.25, -0.2) is 4.98 Å². The molecule has 0 fully saturated rings. The van der Waals surface area contributed by atoms with Gasteiger partial charge in [0, 0.05) is 5.02 Å². The van der Waals surface area contributed by atoms with Crippen molar-refractivity contribution in [1.29, 1.82) is 0 Å². The number of hydrogen-bond donors (Lipinski definition) is 1. The lowest BCUT2D eigenvalue weighted by Gasteiger charge is -2.10. The van der Waals surface area contributed by atoms with Gasteiger partial charge in [0.2, 0.25) is 5.95 Å². The second kappa shape index (κ2) is 4.78. The molecule has 0 radical (unpaired) electrons.